The summed E-state index contributed by atoms with van der Waals surface area (Å²) >= 11 is 0. The largest absolute Gasteiger partial charge is 0.507 e. The molecule has 0 spiro atoms. The van der Waals surface area contributed by atoms with Crippen molar-refractivity contribution in [2.45, 2.75) is 95.5 Å². The van der Waals surface area contributed by atoms with E-state index in [0.717, 1.165) is 86.7 Å². The monoisotopic (exact) mass is 1550 g/mol. The van der Waals surface area contributed by atoms with E-state index in [2.05, 4.69) is 62.0 Å². The van der Waals surface area contributed by atoms with Crippen LogP contribution in [0.25, 0.3) is 27.3 Å². The number of aryl methyl sites for hydroxylation is 5. The quantitative estimate of drug-likeness (QED) is 0.0219. The molecule has 2 fully saturated rings. The summed E-state index contributed by atoms with van der Waals surface area (Å²) < 4.78 is 25.8. The van der Waals surface area contributed by atoms with Crippen molar-refractivity contribution >= 4 is 103 Å². The number of rotatable bonds is 25. The van der Waals surface area contributed by atoms with Crippen molar-refractivity contribution in [1.82, 2.24) is 58.1 Å². The van der Waals surface area contributed by atoms with Crippen molar-refractivity contribution in [1.29, 1.82) is 0 Å². The number of benzene rings is 4. The van der Waals surface area contributed by atoms with Gasteiger partial charge in [0.05, 0.1) is 69.7 Å². The van der Waals surface area contributed by atoms with Gasteiger partial charge in [0, 0.05) is 165 Å². The number of methoxy groups -OCH3 is 1. The number of para-hydroxylation sites is 1. The fourth-order valence-electron chi connectivity index (χ4n) is 15.3. The van der Waals surface area contributed by atoms with Crippen LogP contribution < -0.4 is 47.4 Å². The van der Waals surface area contributed by atoms with Crippen LogP contribution in [0.15, 0.2) is 96.6 Å². The molecule has 4 aromatic carbocycles. The number of phenolic OH excluding ortho intramolecular Hbond substituents is 2. The van der Waals surface area contributed by atoms with Crippen LogP contribution in [-0.4, -0.2) is 228 Å². The number of aliphatic hydroxyl groups is 3. The first kappa shape index (κ1) is 79.1. The number of aromatic hydroxyl groups is 3. The number of ketones is 3. The number of carbonyl (C=O) groups excluding carboxylic acids is 8. The van der Waals surface area contributed by atoms with Crippen LogP contribution in [0.3, 0.4) is 0 Å². The minimum atomic E-state index is -2.33. The van der Waals surface area contributed by atoms with Crippen LogP contribution in [0, 0.1) is 6.92 Å². The van der Waals surface area contributed by atoms with Crippen molar-refractivity contribution < 1.29 is 83.2 Å². The Hall–Kier alpha value is -12.0. The molecule has 10 aromatic rings. The molecule has 6 atom stereocenters. The number of nitrogens with zero attached hydrogens (tertiary/aromatic N) is 10. The number of pyridine rings is 1. The van der Waals surface area contributed by atoms with Crippen molar-refractivity contribution in [3.8, 4) is 23.0 Å². The number of nitrogens with one attached hydrogen (secondary N) is 7. The SMILES string of the molecule is CC(=O)Nc1cn(C)c(C(=O)Nc2cn(C)c(C(=O)NCCCN3CCN(CCCNc4ccc5ncn6c7ccccc7c(=O)c4c56)CC3)n2)c1O.COc1cccc2c1C(=O)c1c(O)c3c(c(O)c1C2=O)C[C@@](O)(C(=O)CO)C[C@H]3OC1C[C@H](NCCC(=O)Nc2cc(C(=O)Nc3cn(C)c(C)n3)n(C)c2)[C@H](O)[C@H](C)O1. The number of ether oxygens (including phenoxy) is 3. The number of imidazole rings is 3. The molecule has 5 amide bonds. The molecule has 35 nitrogen and oxygen atoms in total. The molecule has 2 aliphatic heterocycles. The van der Waals surface area contributed by atoms with Crippen LogP contribution in [0.1, 0.15) is 132 Å². The van der Waals surface area contributed by atoms with E-state index in [1.807, 2.05) is 40.8 Å². The van der Waals surface area contributed by atoms with E-state index >= 15 is 0 Å². The fourth-order valence-corrected chi connectivity index (χ4v) is 15.3. The van der Waals surface area contributed by atoms with E-state index in [4.69, 9.17) is 14.2 Å². The zero-order valence-corrected chi connectivity index (χ0v) is 63.4. The number of Topliss-reactive ketones (excluding diaryl/α,β-unsaturated/α-hetero) is 1. The fraction of sp³-hybridized carbons (Fsp3) is 0.385. The smallest absolute Gasteiger partial charge is 0.287 e. The van der Waals surface area contributed by atoms with Crippen molar-refractivity contribution in [2.75, 3.05) is 99.2 Å². The highest BCUT2D eigenvalue weighted by Crippen LogP contribution is 2.53. The van der Waals surface area contributed by atoms with Crippen molar-refractivity contribution in [3.05, 3.63) is 158 Å². The number of aliphatic hydroxyl groups excluding tert-OH is 2. The van der Waals surface area contributed by atoms with Gasteiger partial charge in [0.2, 0.25) is 23.4 Å². The van der Waals surface area contributed by atoms with Gasteiger partial charge in [0.25, 0.3) is 17.7 Å². The maximum Gasteiger partial charge on any atom is 0.287 e. The van der Waals surface area contributed by atoms with Gasteiger partial charge < -0.3 is 110 Å². The van der Waals surface area contributed by atoms with Crippen LogP contribution in [-0.2, 0) is 58.5 Å². The number of carbonyl (C=O) groups is 8. The van der Waals surface area contributed by atoms with E-state index in [1.165, 1.54) is 59.8 Å². The Kier molecular flexibility index (Phi) is 23.0. The predicted octanol–water partition coefficient (Wildman–Crippen LogP) is 3.96. The average molecular weight is 1550 g/mol. The van der Waals surface area contributed by atoms with Gasteiger partial charge in [0.1, 0.15) is 53.0 Å². The standard InChI is InChI=1S/C41H46N6O13.C37H43N11O5/c1-18-35(51)23(42-10-9-29(50)44-20-11-24(47(4)15-20)40(56)45-28-16-46(3)19(2)43-28)12-30(59-18)60-26-14-41(57,27(49)17-48)13-22-32(26)39(55)34-33(37(22)53)36(52)21-7-6-8-25(58-5)31(21)38(34)54;1-23(49)41-27-20-44(2)32(34(27)51)36(52)43-29-21-45(3)35(42-29)37(53)39-13-7-15-47-18-16-46(17-19-47)14-6-12-38-25-10-11-26-31-30(25)33(50)24-8-4-5-9-28(24)48(31)22-40-26/h6-8,11,15-16,18,23,26,30,35,42,48,51,53,55,57H,9-10,12-14,17H2,1-5H3,(H,44,50)(H,45,56);4-5,8-11,20-22,38,51H,6-7,12-19H2,1-3H3,(H,39,53)(H,41,49)(H,43,52)/t18-,23-,26+,30?,35+,41-;/m0./s1. The Labute approximate surface area is 645 Å². The van der Waals surface area contributed by atoms with Crippen LogP contribution in [0.2, 0.25) is 0 Å². The van der Waals surface area contributed by atoms with E-state index in [-0.39, 0.29) is 105 Å². The molecule has 2 saturated heterocycles. The van der Waals surface area contributed by atoms with E-state index < -0.39 is 107 Å². The molecule has 14 rings (SSSR count). The van der Waals surface area contributed by atoms with Crippen LogP contribution in [0.4, 0.5) is 28.7 Å². The molecule has 35 heteroatoms. The summed E-state index contributed by atoms with van der Waals surface area (Å²) in [5.74, 6) is -5.18. The van der Waals surface area contributed by atoms with Gasteiger partial charge >= 0.3 is 0 Å². The molecule has 594 valence electrons. The molecule has 113 heavy (non-hydrogen) atoms. The predicted molar refractivity (Wildman–Crippen MR) is 413 cm³/mol. The number of hydrogen-bond acceptors (Lipinski definition) is 25. The normalized spacial score (nSPS) is 18.9. The Morgan fingerprint density at radius 1 is 0.726 bits per heavy atom. The third kappa shape index (κ3) is 16.0. The number of phenols is 2. The number of aromatic nitrogens is 8. The minimum Gasteiger partial charge on any atom is -0.507 e. The summed E-state index contributed by atoms with van der Waals surface area (Å²) in [6.45, 7) is 10.6. The molecular formula is C78H89N17O18. The highest BCUT2D eigenvalue weighted by molar-refractivity contribution is 6.31. The number of amides is 5. The van der Waals surface area contributed by atoms with E-state index in [9.17, 15) is 73.8 Å². The maximum absolute atomic E-state index is 14.0. The van der Waals surface area contributed by atoms with Gasteiger partial charge in [-0.2, -0.15) is 0 Å². The van der Waals surface area contributed by atoms with Gasteiger partial charge in [-0.1, -0.05) is 24.3 Å². The zero-order chi connectivity index (χ0) is 80.6. The van der Waals surface area contributed by atoms with E-state index in [0.29, 0.717) is 28.8 Å². The average Bonchev–Trinajstić information content (AvgIpc) is 0.990. The summed E-state index contributed by atoms with van der Waals surface area (Å²) in [5, 5.41) is 87.8. The Balaban J connectivity index is 0.000000199. The van der Waals surface area contributed by atoms with Gasteiger partial charge in [0.15, 0.2) is 46.4 Å². The molecule has 1 unspecified atom stereocenters. The second-order valence-electron chi connectivity index (χ2n) is 28.8. The molecule has 8 heterocycles. The van der Waals surface area contributed by atoms with Gasteiger partial charge in [-0.25, -0.2) is 15.0 Å². The van der Waals surface area contributed by atoms with Crippen molar-refractivity contribution in [2.24, 2.45) is 28.2 Å². The summed E-state index contributed by atoms with van der Waals surface area (Å²) in [7, 11) is 8.00. The summed E-state index contributed by atoms with van der Waals surface area (Å²) in [6.07, 6.45) is 3.90. The lowest BCUT2D eigenvalue weighted by molar-refractivity contribution is -0.249. The molecule has 0 bridgehead atoms. The molecule has 0 radical (unpaired) electrons. The topological polar surface area (TPSA) is 456 Å². The Morgan fingerprint density at radius 3 is 2.13 bits per heavy atom. The zero-order valence-electron chi connectivity index (χ0n) is 63.4. The van der Waals surface area contributed by atoms with Crippen LogP contribution >= 0.6 is 0 Å². The van der Waals surface area contributed by atoms with Gasteiger partial charge in [-0.05, 0) is 76.2 Å². The van der Waals surface area contributed by atoms with Gasteiger partial charge in [-0.3, -0.25) is 47.6 Å². The highest BCUT2D eigenvalue weighted by Gasteiger charge is 2.51. The third-order valence-electron chi connectivity index (χ3n) is 21.1. The summed E-state index contributed by atoms with van der Waals surface area (Å²) in [5.41, 5.74) is 0.138. The Morgan fingerprint density at radius 2 is 1.42 bits per heavy atom. The summed E-state index contributed by atoms with van der Waals surface area (Å²) in [6, 6.07) is 16.7. The third-order valence-corrected chi connectivity index (χ3v) is 21.1. The highest BCUT2D eigenvalue weighted by atomic mass is 16.7. The number of anilines is 5. The molecule has 13 N–H and O–H groups in total. The second-order valence-corrected chi connectivity index (χ2v) is 28.8. The molecular weight excluding hydrogens is 1460 g/mol. The van der Waals surface area contributed by atoms with Gasteiger partial charge in [-0.15, -0.1) is 0 Å². The first-order chi connectivity index (χ1) is 54.0. The second kappa shape index (κ2) is 32.8. The van der Waals surface area contributed by atoms with Crippen LogP contribution in [0.5, 0.6) is 23.0 Å². The van der Waals surface area contributed by atoms with E-state index in [1.54, 1.807) is 69.9 Å². The van der Waals surface area contributed by atoms with Crippen molar-refractivity contribution in [3.63, 3.8) is 0 Å². The lowest BCUT2D eigenvalue weighted by Crippen LogP contribution is -2.55. The number of piperazine rings is 1. The molecule has 2 aliphatic carbocycles. The molecule has 0 saturated carbocycles. The number of fused-ring (bicyclic) bond motifs is 5. The Bertz CT molecular complexity index is 5440. The first-order valence-corrected chi connectivity index (χ1v) is 36.9. The maximum atomic E-state index is 14.0. The lowest BCUT2D eigenvalue weighted by atomic mass is 9.72. The number of hydrogen-bond donors (Lipinski definition) is 13. The molecule has 4 aliphatic rings. The summed E-state index contributed by atoms with van der Waals surface area (Å²) in [4.78, 5) is 135. The lowest BCUT2D eigenvalue weighted by Gasteiger charge is -2.43. The minimum absolute atomic E-state index is 0.0241. The first-order valence-electron chi connectivity index (χ1n) is 36.9. The molecule has 6 aromatic heterocycles.